The molecule has 0 amide bonds. The Bertz CT molecular complexity index is 474. The standard InChI is InChI=1S/C11H16F2N2O2S/c1-8(14-2)7-15-9-3-5-10(6-4-9)18(16,17)11(12)13/h3-6,8,11,14-15H,7H2,1-2H3. The Hall–Kier alpha value is -1.21. The molecule has 1 atom stereocenters. The van der Waals surface area contributed by atoms with Crippen LogP contribution in [0.25, 0.3) is 0 Å². The van der Waals surface area contributed by atoms with Gasteiger partial charge >= 0.3 is 5.76 Å². The molecule has 7 heteroatoms. The Balaban J connectivity index is 2.75. The number of sulfone groups is 1. The molecule has 1 aromatic rings. The van der Waals surface area contributed by atoms with Crippen LogP contribution in [0.5, 0.6) is 0 Å². The van der Waals surface area contributed by atoms with Gasteiger partial charge in [-0.2, -0.15) is 8.78 Å². The summed E-state index contributed by atoms with van der Waals surface area (Å²) in [5, 5.41) is 6.09. The molecule has 0 saturated heterocycles. The van der Waals surface area contributed by atoms with Crippen LogP contribution in [0.1, 0.15) is 6.92 Å². The summed E-state index contributed by atoms with van der Waals surface area (Å²) in [6, 6.07) is 5.53. The number of likely N-dealkylation sites (N-methyl/N-ethyl adjacent to an activating group) is 1. The molecular weight excluding hydrogens is 262 g/mol. The monoisotopic (exact) mass is 278 g/mol. The molecule has 0 saturated carbocycles. The first-order chi connectivity index (χ1) is 8.37. The number of nitrogens with one attached hydrogen (secondary N) is 2. The fraction of sp³-hybridized carbons (Fsp3) is 0.455. The summed E-state index contributed by atoms with van der Waals surface area (Å²) in [7, 11) is -2.68. The van der Waals surface area contributed by atoms with E-state index in [1.165, 1.54) is 24.3 Å². The Labute approximate surface area is 105 Å². The van der Waals surface area contributed by atoms with Gasteiger partial charge in [0.1, 0.15) is 0 Å². The van der Waals surface area contributed by atoms with E-state index in [2.05, 4.69) is 10.6 Å². The van der Waals surface area contributed by atoms with Crippen molar-refractivity contribution in [3.63, 3.8) is 0 Å². The Morgan fingerprint density at radius 1 is 1.22 bits per heavy atom. The lowest BCUT2D eigenvalue weighted by atomic mass is 10.3. The van der Waals surface area contributed by atoms with E-state index in [4.69, 9.17) is 0 Å². The first-order valence-electron chi connectivity index (χ1n) is 5.41. The predicted molar refractivity (Wildman–Crippen MR) is 66.6 cm³/mol. The van der Waals surface area contributed by atoms with Crippen LogP contribution in [-0.4, -0.2) is 33.8 Å². The topological polar surface area (TPSA) is 58.2 Å². The van der Waals surface area contributed by atoms with Gasteiger partial charge in [-0.3, -0.25) is 0 Å². The maximum atomic E-state index is 12.3. The molecule has 0 spiro atoms. The molecule has 102 valence electrons. The predicted octanol–water partition coefficient (Wildman–Crippen LogP) is 1.70. The summed E-state index contributed by atoms with van der Waals surface area (Å²) >= 11 is 0. The van der Waals surface area contributed by atoms with E-state index in [-0.39, 0.29) is 10.9 Å². The first-order valence-corrected chi connectivity index (χ1v) is 6.96. The van der Waals surface area contributed by atoms with Crippen molar-refractivity contribution in [3.8, 4) is 0 Å². The SMILES string of the molecule is CNC(C)CNc1ccc(S(=O)(=O)C(F)F)cc1. The molecular formula is C11H16F2N2O2S. The molecule has 18 heavy (non-hydrogen) atoms. The van der Waals surface area contributed by atoms with Crippen LogP contribution in [-0.2, 0) is 9.84 Å². The minimum Gasteiger partial charge on any atom is -0.383 e. The van der Waals surface area contributed by atoms with E-state index >= 15 is 0 Å². The number of hydrogen-bond acceptors (Lipinski definition) is 4. The van der Waals surface area contributed by atoms with Gasteiger partial charge in [-0.05, 0) is 38.2 Å². The molecule has 0 aliphatic rings. The van der Waals surface area contributed by atoms with Gasteiger partial charge in [-0.15, -0.1) is 0 Å². The highest BCUT2D eigenvalue weighted by Crippen LogP contribution is 2.20. The molecule has 2 N–H and O–H groups in total. The second-order valence-corrected chi connectivity index (χ2v) is 5.82. The highest BCUT2D eigenvalue weighted by atomic mass is 32.2. The van der Waals surface area contributed by atoms with Crippen molar-refractivity contribution < 1.29 is 17.2 Å². The van der Waals surface area contributed by atoms with Crippen molar-refractivity contribution >= 4 is 15.5 Å². The maximum Gasteiger partial charge on any atom is 0.341 e. The molecule has 1 rings (SSSR count). The van der Waals surface area contributed by atoms with Crippen LogP contribution >= 0.6 is 0 Å². The zero-order chi connectivity index (χ0) is 13.8. The van der Waals surface area contributed by atoms with E-state index < -0.39 is 15.6 Å². The average Bonchev–Trinajstić information content (AvgIpc) is 2.36. The number of benzene rings is 1. The van der Waals surface area contributed by atoms with E-state index in [9.17, 15) is 17.2 Å². The second-order valence-electron chi connectivity index (χ2n) is 3.90. The Morgan fingerprint density at radius 2 is 1.78 bits per heavy atom. The van der Waals surface area contributed by atoms with Gasteiger partial charge in [0.05, 0.1) is 4.90 Å². The van der Waals surface area contributed by atoms with Gasteiger partial charge in [-0.1, -0.05) is 0 Å². The fourth-order valence-corrected chi connectivity index (χ4v) is 1.96. The number of anilines is 1. The molecule has 1 unspecified atom stereocenters. The van der Waals surface area contributed by atoms with Gasteiger partial charge in [-0.25, -0.2) is 8.42 Å². The lowest BCUT2D eigenvalue weighted by Crippen LogP contribution is -2.29. The zero-order valence-corrected chi connectivity index (χ0v) is 11.0. The van der Waals surface area contributed by atoms with Crippen LogP contribution in [0.3, 0.4) is 0 Å². The smallest absolute Gasteiger partial charge is 0.341 e. The maximum absolute atomic E-state index is 12.3. The van der Waals surface area contributed by atoms with E-state index in [1.807, 2.05) is 14.0 Å². The van der Waals surface area contributed by atoms with Crippen molar-refractivity contribution in [2.45, 2.75) is 23.6 Å². The molecule has 0 heterocycles. The third kappa shape index (κ3) is 3.64. The quantitative estimate of drug-likeness (QED) is 0.831. The molecule has 0 aliphatic heterocycles. The van der Waals surface area contributed by atoms with E-state index in [0.29, 0.717) is 12.2 Å². The van der Waals surface area contributed by atoms with Crippen LogP contribution < -0.4 is 10.6 Å². The second kappa shape index (κ2) is 6.10. The molecule has 0 bridgehead atoms. The summed E-state index contributed by atoms with van der Waals surface area (Å²) in [4.78, 5) is -0.371. The number of alkyl halides is 2. The van der Waals surface area contributed by atoms with Crippen molar-refractivity contribution in [3.05, 3.63) is 24.3 Å². The highest BCUT2D eigenvalue weighted by molar-refractivity contribution is 7.91. The van der Waals surface area contributed by atoms with Crippen LogP contribution in [0.4, 0.5) is 14.5 Å². The molecule has 1 aromatic carbocycles. The summed E-state index contributed by atoms with van der Waals surface area (Å²) < 4.78 is 46.9. The van der Waals surface area contributed by atoms with E-state index in [1.54, 1.807) is 0 Å². The van der Waals surface area contributed by atoms with Gasteiger partial charge in [0, 0.05) is 18.3 Å². The van der Waals surface area contributed by atoms with Crippen LogP contribution in [0, 0.1) is 0 Å². The van der Waals surface area contributed by atoms with Gasteiger partial charge in [0.2, 0.25) is 9.84 Å². The van der Waals surface area contributed by atoms with Gasteiger partial charge < -0.3 is 10.6 Å². The van der Waals surface area contributed by atoms with Crippen molar-refractivity contribution in [2.24, 2.45) is 0 Å². The number of halogens is 2. The molecule has 0 aromatic heterocycles. The minimum atomic E-state index is -4.50. The molecule has 0 aliphatic carbocycles. The number of rotatable bonds is 6. The zero-order valence-electron chi connectivity index (χ0n) is 10.2. The first kappa shape index (κ1) is 14.8. The van der Waals surface area contributed by atoms with Gasteiger partial charge in [0.15, 0.2) is 0 Å². The lowest BCUT2D eigenvalue weighted by molar-refractivity contribution is 0.234. The lowest BCUT2D eigenvalue weighted by Gasteiger charge is -2.12. The normalized spacial score (nSPS) is 13.6. The van der Waals surface area contributed by atoms with Crippen LogP contribution in [0.15, 0.2) is 29.2 Å². The summed E-state index contributed by atoms with van der Waals surface area (Å²) in [6.45, 7) is 2.63. The third-order valence-electron chi connectivity index (χ3n) is 2.52. The van der Waals surface area contributed by atoms with E-state index in [0.717, 1.165) is 0 Å². The summed E-state index contributed by atoms with van der Waals surface area (Å²) in [5.41, 5.74) is 0.685. The summed E-state index contributed by atoms with van der Waals surface area (Å²) in [5.74, 6) is -3.39. The van der Waals surface area contributed by atoms with Crippen molar-refractivity contribution in [1.29, 1.82) is 0 Å². The average molecular weight is 278 g/mol. The Kier molecular flexibility index (Phi) is 5.03. The molecule has 0 fully saturated rings. The third-order valence-corrected chi connectivity index (χ3v) is 3.92. The Morgan fingerprint density at radius 3 is 2.22 bits per heavy atom. The molecule has 4 nitrogen and oxygen atoms in total. The molecule has 0 radical (unpaired) electrons. The fourth-order valence-electron chi connectivity index (χ4n) is 1.24. The van der Waals surface area contributed by atoms with Gasteiger partial charge in [0.25, 0.3) is 0 Å². The van der Waals surface area contributed by atoms with Crippen LogP contribution in [0.2, 0.25) is 0 Å². The summed E-state index contributed by atoms with van der Waals surface area (Å²) in [6.07, 6.45) is 0. The van der Waals surface area contributed by atoms with Crippen molar-refractivity contribution in [2.75, 3.05) is 18.9 Å². The minimum absolute atomic E-state index is 0.245. The highest BCUT2D eigenvalue weighted by Gasteiger charge is 2.26. The number of hydrogen-bond donors (Lipinski definition) is 2. The van der Waals surface area contributed by atoms with Crippen molar-refractivity contribution in [1.82, 2.24) is 5.32 Å². The largest absolute Gasteiger partial charge is 0.383 e.